The summed E-state index contributed by atoms with van der Waals surface area (Å²) in [7, 11) is 0. The third-order valence-electron chi connectivity index (χ3n) is 2.24. The second-order valence-electron chi connectivity index (χ2n) is 3.59. The van der Waals surface area contributed by atoms with Gasteiger partial charge < -0.3 is 10.2 Å². The number of hydrogen-bond donors (Lipinski definition) is 2. The van der Waals surface area contributed by atoms with Gasteiger partial charge in [-0.2, -0.15) is 0 Å². The number of aliphatic hydroxyl groups is 2. The number of benzene rings is 1. The summed E-state index contributed by atoms with van der Waals surface area (Å²) < 4.78 is 51.0. The number of unbranched alkanes of at least 4 members (excludes halogenated alkanes) is 1. The van der Waals surface area contributed by atoms with Gasteiger partial charge in [0, 0.05) is 38.4 Å². The summed E-state index contributed by atoms with van der Waals surface area (Å²) in [5, 5.41) is 16.5. The summed E-state index contributed by atoms with van der Waals surface area (Å²) in [6.07, 6.45) is 2.04. The Balaban J connectivity index is 0. The van der Waals surface area contributed by atoms with Crippen LogP contribution in [0.25, 0.3) is 0 Å². The van der Waals surface area contributed by atoms with Crippen molar-refractivity contribution in [3.8, 4) is 0 Å². The minimum atomic E-state index is -1.54. The molecule has 2 nitrogen and oxygen atoms in total. The Morgan fingerprint density at radius 2 is 1.32 bits per heavy atom. The fourth-order valence-electron chi connectivity index (χ4n) is 1.08. The molecule has 0 aliphatic rings. The SMILES string of the molecule is CCCCO.Cc1c(F)c(F)c(CO)c(F)c1F.[Zr]. The maximum Gasteiger partial charge on any atom is 0.167 e. The van der Waals surface area contributed by atoms with Crippen LogP contribution in [0.5, 0.6) is 0 Å². The zero-order valence-corrected chi connectivity index (χ0v) is 13.2. The molecule has 0 unspecified atom stereocenters. The Morgan fingerprint density at radius 3 is 1.53 bits per heavy atom. The zero-order chi connectivity index (χ0) is 14.3. The van der Waals surface area contributed by atoms with Crippen molar-refractivity contribution < 1.29 is 54.0 Å². The maximum absolute atomic E-state index is 12.8. The van der Waals surface area contributed by atoms with Crippen molar-refractivity contribution in [1.82, 2.24) is 0 Å². The molecule has 1 aromatic rings. The van der Waals surface area contributed by atoms with Gasteiger partial charge in [0.2, 0.25) is 0 Å². The normalized spacial score (nSPS) is 9.47. The summed E-state index contributed by atoms with van der Waals surface area (Å²) in [5.74, 6) is -6.02. The smallest absolute Gasteiger partial charge is 0.167 e. The molecule has 0 atom stereocenters. The molecule has 0 aliphatic carbocycles. The third-order valence-corrected chi connectivity index (χ3v) is 2.24. The van der Waals surface area contributed by atoms with Gasteiger partial charge in [0.1, 0.15) is 0 Å². The minimum Gasteiger partial charge on any atom is -0.396 e. The van der Waals surface area contributed by atoms with Crippen LogP contribution in [-0.4, -0.2) is 16.8 Å². The molecular formula is C12H16F4O2Zr. The maximum atomic E-state index is 12.8. The van der Waals surface area contributed by atoms with E-state index in [9.17, 15) is 17.6 Å². The third kappa shape index (κ3) is 5.71. The topological polar surface area (TPSA) is 40.5 Å². The molecule has 0 saturated heterocycles. The van der Waals surface area contributed by atoms with Crippen molar-refractivity contribution in [3.63, 3.8) is 0 Å². The number of halogens is 4. The fourth-order valence-corrected chi connectivity index (χ4v) is 1.08. The van der Waals surface area contributed by atoms with Gasteiger partial charge in [-0.05, 0) is 13.3 Å². The summed E-state index contributed by atoms with van der Waals surface area (Å²) in [4.78, 5) is 0. The van der Waals surface area contributed by atoms with Crippen LogP contribution in [0.3, 0.4) is 0 Å². The van der Waals surface area contributed by atoms with Gasteiger partial charge in [-0.1, -0.05) is 13.3 Å². The van der Waals surface area contributed by atoms with E-state index >= 15 is 0 Å². The Morgan fingerprint density at radius 1 is 0.895 bits per heavy atom. The molecule has 0 amide bonds. The quantitative estimate of drug-likeness (QED) is 0.644. The molecule has 19 heavy (non-hydrogen) atoms. The molecule has 0 heterocycles. The van der Waals surface area contributed by atoms with Crippen LogP contribution in [0.2, 0.25) is 0 Å². The Labute approximate surface area is 128 Å². The summed E-state index contributed by atoms with van der Waals surface area (Å²) in [6.45, 7) is 2.23. The van der Waals surface area contributed by atoms with Crippen LogP contribution in [0, 0.1) is 30.2 Å². The molecule has 0 bridgehead atoms. The minimum absolute atomic E-state index is 0. The van der Waals surface area contributed by atoms with Gasteiger partial charge in [-0.15, -0.1) is 0 Å². The molecule has 0 fully saturated rings. The summed E-state index contributed by atoms with van der Waals surface area (Å²) >= 11 is 0. The first-order valence-electron chi connectivity index (χ1n) is 5.45. The first-order chi connectivity index (χ1) is 8.42. The van der Waals surface area contributed by atoms with E-state index in [0.717, 1.165) is 19.8 Å². The van der Waals surface area contributed by atoms with Gasteiger partial charge >= 0.3 is 0 Å². The Hall–Kier alpha value is -0.257. The van der Waals surface area contributed by atoms with Gasteiger partial charge in [-0.3, -0.25) is 0 Å². The van der Waals surface area contributed by atoms with Gasteiger partial charge in [0.15, 0.2) is 23.3 Å². The molecule has 0 aliphatic heterocycles. The van der Waals surface area contributed by atoms with Crippen LogP contribution in [0.1, 0.15) is 30.9 Å². The summed E-state index contributed by atoms with van der Waals surface area (Å²) in [6, 6.07) is 0. The second-order valence-corrected chi connectivity index (χ2v) is 3.59. The van der Waals surface area contributed by atoms with Crippen molar-refractivity contribution in [2.75, 3.05) is 6.61 Å². The summed E-state index contributed by atoms with van der Waals surface area (Å²) in [5.41, 5.74) is -1.72. The van der Waals surface area contributed by atoms with Crippen LogP contribution >= 0.6 is 0 Å². The number of rotatable bonds is 3. The van der Waals surface area contributed by atoms with Crippen molar-refractivity contribution in [2.24, 2.45) is 0 Å². The molecule has 0 saturated carbocycles. The molecule has 0 spiro atoms. The van der Waals surface area contributed by atoms with E-state index in [2.05, 4.69) is 6.92 Å². The van der Waals surface area contributed by atoms with E-state index < -0.39 is 41.0 Å². The Kier molecular flexibility index (Phi) is 11.7. The average Bonchev–Trinajstić information content (AvgIpc) is 2.36. The van der Waals surface area contributed by atoms with E-state index in [4.69, 9.17) is 10.2 Å². The second kappa shape index (κ2) is 10.5. The van der Waals surface area contributed by atoms with Crippen molar-refractivity contribution >= 4 is 0 Å². The van der Waals surface area contributed by atoms with Crippen molar-refractivity contribution in [3.05, 3.63) is 34.4 Å². The van der Waals surface area contributed by atoms with Crippen LogP contribution in [0.15, 0.2) is 0 Å². The molecule has 7 heteroatoms. The molecule has 0 radical (unpaired) electrons. The van der Waals surface area contributed by atoms with Gasteiger partial charge in [0.25, 0.3) is 0 Å². The van der Waals surface area contributed by atoms with Crippen molar-refractivity contribution in [1.29, 1.82) is 0 Å². The standard InChI is InChI=1S/C8H6F4O.C4H10O.Zr/c1-3-5(9)7(11)4(2-13)8(12)6(3)10;1-2-3-4-5;/h13H,2H2,1H3;5H,2-4H2,1H3;. The first-order valence-corrected chi connectivity index (χ1v) is 5.45. The number of aliphatic hydroxyl groups excluding tert-OH is 2. The van der Waals surface area contributed by atoms with Crippen LogP contribution in [0.4, 0.5) is 17.6 Å². The predicted octanol–water partition coefficient (Wildman–Crippen LogP) is 2.82. The molecule has 108 valence electrons. The Bertz CT molecular complexity index is 369. The van der Waals surface area contributed by atoms with E-state index in [1.54, 1.807) is 0 Å². The molecule has 1 aromatic carbocycles. The number of hydrogen-bond acceptors (Lipinski definition) is 2. The largest absolute Gasteiger partial charge is 0.396 e. The monoisotopic (exact) mass is 358 g/mol. The van der Waals surface area contributed by atoms with E-state index in [0.29, 0.717) is 6.61 Å². The van der Waals surface area contributed by atoms with Crippen LogP contribution in [-0.2, 0) is 32.8 Å². The fraction of sp³-hybridized carbons (Fsp3) is 0.500. The molecule has 0 aromatic heterocycles. The molecule has 2 N–H and O–H groups in total. The molecular weight excluding hydrogens is 343 g/mol. The first kappa shape index (κ1) is 21.0. The predicted molar refractivity (Wildman–Crippen MR) is 58.9 cm³/mol. The van der Waals surface area contributed by atoms with Crippen LogP contribution < -0.4 is 0 Å². The van der Waals surface area contributed by atoms with E-state index in [1.165, 1.54) is 0 Å². The molecule has 1 rings (SSSR count). The van der Waals surface area contributed by atoms with Gasteiger partial charge in [-0.25, -0.2) is 17.6 Å². The average molecular weight is 359 g/mol. The van der Waals surface area contributed by atoms with E-state index in [1.807, 2.05) is 0 Å². The van der Waals surface area contributed by atoms with E-state index in [-0.39, 0.29) is 26.2 Å². The zero-order valence-electron chi connectivity index (χ0n) is 10.7. The van der Waals surface area contributed by atoms with Gasteiger partial charge in [0.05, 0.1) is 12.2 Å². The van der Waals surface area contributed by atoms with Crippen molar-refractivity contribution in [2.45, 2.75) is 33.3 Å².